The Morgan fingerprint density at radius 2 is 2.04 bits per heavy atom. The number of aryl methyl sites for hydroxylation is 1. The molecule has 1 amide bonds. The summed E-state index contributed by atoms with van der Waals surface area (Å²) in [6.07, 6.45) is 0. The number of carboxylic acid groups (broad SMARTS) is 1. The van der Waals surface area contributed by atoms with Gasteiger partial charge < -0.3 is 10.0 Å². The average Bonchev–Trinajstić information content (AvgIpc) is 2.87. The van der Waals surface area contributed by atoms with Crippen LogP contribution < -0.4 is 0 Å². The van der Waals surface area contributed by atoms with Crippen LogP contribution in [-0.4, -0.2) is 38.2 Å². The third-order valence-corrected chi connectivity index (χ3v) is 4.10. The van der Waals surface area contributed by atoms with Crippen LogP contribution in [0.4, 0.5) is 0 Å². The number of hydrogen-bond acceptors (Lipinski definition) is 3. The van der Waals surface area contributed by atoms with Gasteiger partial charge in [0.25, 0.3) is 5.91 Å². The van der Waals surface area contributed by atoms with Crippen molar-refractivity contribution in [3.8, 4) is 0 Å². The predicted molar refractivity (Wildman–Crippen MR) is 93.8 cm³/mol. The van der Waals surface area contributed by atoms with E-state index in [-0.39, 0.29) is 30.6 Å². The highest BCUT2D eigenvalue weighted by molar-refractivity contribution is 9.10. The molecule has 0 saturated carbocycles. The lowest BCUT2D eigenvalue weighted by molar-refractivity contribution is -0.137. The lowest BCUT2D eigenvalue weighted by Gasteiger charge is -2.20. The largest absolute Gasteiger partial charge is 0.480 e. The highest BCUT2D eigenvalue weighted by atomic mass is 79.9. The standard InChI is InChI=1S/C17H20BrN3O3/c1-11(2)15-8-14(19-20(15)3)17(24)21(10-16(22)23)9-12-5-4-6-13(18)7-12/h4-8,11H,9-10H2,1-3H3,(H,22,23). The first-order valence-corrected chi connectivity index (χ1v) is 8.36. The highest BCUT2D eigenvalue weighted by Gasteiger charge is 2.23. The minimum atomic E-state index is -1.06. The maximum atomic E-state index is 12.7. The van der Waals surface area contributed by atoms with Gasteiger partial charge in [0.2, 0.25) is 0 Å². The van der Waals surface area contributed by atoms with Gasteiger partial charge in [-0.2, -0.15) is 5.10 Å². The Morgan fingerprint density at radius 1 is 1.33 bits per heavy atom. The second-order valence-electron chi connectivity index (χ2n) is 5.92. The molecule has 1 N–H and O–H groups in total. The molecule has 0 aliphatic carbocycles. The van der Waals surface area contributed by atoms with Gasteiger partial charge in [-0.15, -0.1) is 0 Å². The molecule has 0 spiro atoms. The van der Waals surface area contributed by atoms with Crippen molar-refractivity contribution in [3.05, 3.63) is 51.8 Å². The van der Waals surface area contributed by atoms with Crippen molar-refractivity contribution in [1.82, 2.24) is 14.7 Å². The molecule has 2 rings (SSSR count). The molecule has 0 aliphatic rings. The summed E-state index contributed by atoms with van der Waals surface area (Å²) in [5.41, 5.74) is 2.03. The van der Waals surface area contributed by atoms with Gasteiger partial charge in [-0.1, -0.05) is 41.9 Å². The van der Waals surface area contributed by atoms with E-state index >= 15 is 0 Å². The van der Waals surface area contributed by atoms with E-state index in [0.717, 1.165) is 15.7 Å². The molecule has 7 heteroatoms. The first kappa shape index (κ1) is 18.2. The number of carboxylic acids is 1. The summed E-state index contributed by atoms with van der Waals surface area (Å²) in [6, 6.07) is 9.16. The Balaban J connectivity index is 2.28. The van der Waals surface area contributed by atoms with Crippen LogP contribution in [0, 0.1) is 0 Å². The zero-order chi connectivity index (χ0) is 17.9. The van der Waals surface area contributed by atoms with Gasteiger partial charge in [0.15, 0.2) is 5.69 Å². The van der Waals surface area contributed by atoms with E-state index in [1.165, 1.54) is 4.90 Å². The number of carbonyl (C=O) groups is 2. The van der Waals surface area contributed by atoms with Crippen molar-refractivity contribution >= 4 is 27.8 Å². The number of carbonyl (C=O) groups excluding carboxylic acids is 1. The Bertz CT molecular complexity index is 755. The second kappa shape index (κ2) is 7.61. The zero-order valence-electron chi connectivity index (χ0n) is 13.9. The van der Waals surface area contributed by atoms with Gasteiger partial charge in [-0.3, -0.25) is 14.3 Å². The quantitative estimate of drug-likeness (QED) is 0.817. The van der Waals surface area contributed by atoms with Crippen LogP contribution in [0.2, 0.25) is 0 Å². The molecule has 1 aromatic heterocycles. The highest BCUT2D eigenvalue weighted by Crippen LogP contribution is 2.18. The Hall–Kier alpha value is -2.15. The van der Waals surface area contributed by atoms with Crippen molar-refractivity contribution in [2.24, 2.45) is 7.05 Å². The third-order valence-electron chi connectivity index (χ3n) is 3.60. The van der Waals surface area contributed by atoms with Gasteiger partial charge in [-0.25, -0.2) is 0 Å². The maximum Gasteiger partial charge on any atom is 0.323 e. The average molecular weight is 394 g/mol. The number of aliphatic carboxylic acids is 1. The summed E-state index contributed by atoms with van der Waals surface area (Å²) >= 11 is 3.38. The summed E-state index contributed by atoms with van der Waals surface area (Å²) in [7, 11) is 1.78. The fourth-order valence-electron chi connectivity index (χ4n) is 2.51. The molecule has 1 aromatic carbocycles. The van der Waals surface area contributed by atoms with Crippen LogP contribution in [0.25, 0.3) is 0 Å². The summed E-state index contributed by atoms with van der Waals surface area (Å²) in [4.78, 5) is 25.2. The van der Waals surface area contributed by atoms with Crippen molar-refractivity contribution in [1.29, 1.82) is 0 Å². The predicted octanol–water partition coefficient (Wildman–Crippen LogP) is 3.03. The van der Waals surface area contributed by atoms with Crippen LogP contribution in [0.1, 0.15) is 41.5 Å². The van der Waals surface area contributed by atoms with E-state index in [1.54, 1.807) is 17.8 Å². The Labute approximate surface area is 149 Å². The van der Waals surface area contributed by atoms with Crippen molar-refractivity contribution in [2.75, 3.05) is 6.54 Å². The molecular formula is C17H20BrN3O3. The first-order chi connectivity index (χ1) is 11.3. The smallest absolute Gasteiger partial charge is 0.323 e. The van der Waals surface area contributed by atoms with E-state index in [0.29, 0.717) is 0 Å². The van der Waals surface area contributed by atoms with Crippen molar-refractivity contribution in [2.45, 2.75) is 26.3 Å². The number of aromatic nitrogens is 2. The monoisotopic (exact) mass is 393 g/mol. The number of rotatable bonds is 6. The summed E-state index contributed by atoms with van der Waals surface area (Å²) < 4.78 is 2.54. The van der Waals surface area contributed by atoms with Crippen molar-refractivity contribution in [3.63, 3.8) is 0 Å². The first-order valence-electron chi connectivity index (χ1n) is 7.57. The van der Waals surface area contributed by atoms with Gasteiger partial charge >= 0.3 is 5.97 Å². The van der Waals surface area contributed by atoms with Gasteiger partial charge in [0.05, 0.1) is 0 Å². The fraction of sp³-hybridized carbons (Fsp3) is 0.353. The second-order valence-corrected chi connectivity index (χ2v) is 6.83. The van der Waals surface area contributed by atoms with Crippen LogP contribution in [0.15, 0.2) is 34.8 Å². The number of halogens is 1. The molecular weight excluding hydrogens is 374 g/mol. The molecule has 0 bridgehead atoms. The number of amides is 1. The minimum Gasteiger partial charge on any atom is -0.480 e. The van der Waals surface area contributed by atoms with E-state index in [1.807, 2.05) is 38.1 Å². The van der Waals surface area contributed by atoms with Gasteiger partial charge in [0, 0.05) is 23.8 Å². The lowest BCUT2D eigenvalue weighted by atomic mass is 10.1. The molecule has 1 heterocycles. The molecule has 0 atom stereocenters. The third kappa shape index (κ3) is 4.44. The summed E-state index contributed by atoms with van der Waals surface area (Å²) in [5.74, 6) is -1.22. The number of benzene rings is 1. The van der Waals surface area contributed by atoms with E-state index in [4.69, 9.17) is 5.11 Å². The molecule has 0 unspecified atom stereocenters. The normalized spacial score (nSPS) is 10.9. The van der Waals surface area contributed by atoms with Crippen molar-refractivity contribution < 1.29 is 14.7 Å². The van der Waals surface area contributed by atoms with E-state index in [2.05, 4.69) is 21.0 Å². The molecule has 2 aromatic rings. The van der Waals surface area contributed by atoms with Crippen LogP contribution in [0.3, 0.4) is 0 Å². The fourth-order valence-corrected chi connectivity index (χ4v) is 2.95. The number of nitrogens with zero attached hydrogens (tertiary/aromatic N) is 3. The lowest BCUT2D eigenvalue weighted by Crippen LogP contribution is -2.35. The van der Waals surface area contributed by atoms with Gasteiger partial charge in [0.1, 0.15) is 6.54 Å². The van der Waals surface area contributed by atoms with Crippen LogP contribution in [-0.2, 0) is 18.4 Å². The minimum absolute atomic E-state index is 0.207. The molecule has 24 heavy (non-hydrogen) atoms. The molecule has 0 fully saturated rings. The summed E-state index contributed by atoms with van der Waals surface area (Å²) in [5, 5.41) is 13.4. The SMILES string of the molecule is CC(C)c1cc(C(=O)N(CC(=O)O)Cc2cccc(Br)c2)nn1C. The molecule has 0 saturated heterocycles. The van der Waals surface area contributed by atoms with Crippen LogP contribution in [0.5, 0.6) is 0 Å². The Kier molecular flexibility index (Phi) is 5.77. The maximum absolute atomic E-state index is 12.7. The number of hydrogen-bond donors (Lipinski definition) is 1. The molecule has 128 valence electrons. The molecule has 0 radical (unpaired) electrons. The Morgan fingerprint density at radius 3 is 2.58 bits per heavy atom. The topological polar surface area (TPSA) is 75.4 Å². The van der Waals surface area contributed by atoms with Gasteiger partial charge in [-0.05, 0) is 29.7 Å². The molecule has 6 nitrogen and oxygen atoms in total. The van der Waals surface area contributed by atoms with E-state index in [9.17, 15) is 9.59 Å². The van der Waals surface area contributed by atoms with E-state index < -0.39 is 5.97 Å². The summed E-state index contributed by atoms with van der Waals surface area (Å²) in [6.45, 7) is 3.86. The van der Waals surface area contributed by atoms with Crippen LogP contribution >= 0.6 is 15.9 Å². The molecule has 0 aliphatic heterocycles. The zero-order valence-corrected chi connectivity index (χ0v) is 15.4.